The Morgan fingerprint density at radius 2 is 1.44 bits per heavy atom. The van der Waals surface area contributed by atoms with Crippen molar-refractivity contribution in [3.63, 3.8) is 0 Å². The number of rotatable bonds is 8. The maximum Gasteiger partial charge on any atom is 0.339 e. The van der Waals surface area contributed by atoms with Gasteiger partial charge in [0.1, 0.15) is 11.6 Å². The lowest BCUT2D eigenvalue weighted by atomic mass is 9.96. The van der Waals surface area contributed by atoms with E-state index in [4.69, 9.17) is 0 Å². The topological polar surface area (TPSA) is 115 Å². The molecule has 1 heterocycles. The molecule has 1 saturated carbocycles. The number of nitrogens with zero attached hydrogens (tertiary/aromatic N) is 2. The van der Waals surface area contributed by atoms with Gasteiger partial charge in [-0.25, -0.2) is 35.2 Å². The smallest absolute Gasteiger partial charge is 0.339 e. The number of anilines is 1. The lowest BCUT2D eigenvalue weighted by Crippen LogP contribution is -2.59. The zero-order valence-electron chi connectivity index (χ0n) is 22.4. The van der Waals surface area contributed by atoms with Crippen molar-refractivity contribution in [3.8, 4) is 5.75 Å². The van der Waals surface area contributed by atoms with Gasteiger partial charge in [-0.3, -0.25) is 4.79 Å². The van der Waals surface area contributed by atoms with Crippen molar-refractivity contribution < 1.29 is 50.2 Å². The molecule has 43 heavy (non-hydrogen) atoms. The fourth-order valence-electron chi connectivity index (χ4n) is 5.55. The Labute approximate surface area is 243 Å². The molecule has 8 nitrogen and oxygen atoms in total. The van der Waals surface area contributed by atoms with Crippen LogP contribution in [-0.2, 0) is 21.4 Å². The molecular weight excluding hydrogens is 599 g/mol. The van der Waals surface area contributed by atoms with E-state index in [0.29, 0.717) is 15.8 Å². The molecular formula is C29H25F5N2O6S. The van der Waals surface area contributed by atoms with Crippen LogP contribution in [0.2, 0.25) is 0 Å². The lowest BCUT2D eigenvalue weighted by Gasteiger charge is -2.41. The highest BCUT2D eigenvalue weighted by molar-refractivity contribution is 7.89. The van der Waals surface area contributed by atoms with Gasteiger partial charge in [-0.05, 0) is 48.4 Å². The van der Waals surface area contributed by atoms with Crippen molar-refractivity contribution in [2.24, 2.45) is 0 Å². The van der Waals surface area contributed by atoms with Crippen molar-refractivity contribution in [3.05, 3.63) is 88.2 Å². The summed E-state index contributed by atoms with van der Waals surface area (Å²) in [6.07, 6.45) is 4.10. The fraction of sp³-hybridized carbons (Fsp3) is 0.310. The van der Waals surface area contributed by atoms with Crippen molar-refractivity contribution in [1.82, 2.24) is 4.31 Å². The van der Waals surface area contributed by atoms with E-state index in [9.17, 15) is 50.2 Å². The number of aromatic carboxylic acids is 1. The van der Waals surface area contributed by atoms with Crippen LogP contribution in [0.3, 0.4) is 0 Å². The molecule has 5 rings (SSSR count). The second kappa shape index (κ2) is 11.6. The van der Waals surface area contributed by atoms with E-state index in [2.05, 4.69) is 0 Å². The summed E-state index contributed by atoms with van der Waals surface area (Å²) in [7, 11) is -5.42. The fourth-order valence-corrected chi connectivity index (χ4v) is 7.29. The number of amides is 1. The first kappa shape index (κ1) is 30.4. The van der Waals surface area contributed by atoms with E-state index in [-0.39, 0.29) is 18.7 Å². The molecule has 3 aromatic rings. The SMILES string of the molecule is O=C(O)c1cccc(N(Cc2ccc(C3CCCC3)cc2)C(=O)C2CCN2S(=O)(=O)c2c(F)c(F)c(F)c(F)c2F)c1O. The minimum absolute atomic E-state index is 0.191. The molecule has 2 N–H and O–H groups in total. The predicted molar refractivity (Wildman–Crippen MR) is 142 cm³/mol. The average molecular weight is 625 g/mol. The number of carbonyl (C=O) groups is 2. The van der Waals surface area contributed by atoms with Crippen LogP contribution in [0.4, 0.5) is 27.6 Å². The molecule has 1 unspecified atom stereocenters. The Balaban J connectivity index is 1.52. The maximum atomic E-state index is 14.5. The van der Waals surface area contributed by atoms with Crippen LogP contribution in [0.15, 0.2) is 47.4 Å². The van der Waals surface area contributed by atoms with Crippen LogP contribution < -0.4 is 4.90 Å². The monoisotopic (exact) mass is 624 g/mol. The van der Waals surface area contributed by atoms with E-state index in [1.54, 1.807) is 12.1 Å². The zero-order valence-corrected chi connectivity index (χ0v) is 23.2. The third-order valence-corrected chi connectivity index (χ3v) is 9.87. The normalized spacial score (nSPS) is 17.6. The molecule has 2 fully saturated rings. The van der Waals surface area contributed by atoms with E-state index in [1.807, 2.05) is 12.1 Å². The van der Waals surface area contributed by atoms with Crippen LogP contribution in [-0.4, -0.2) is 47.4 Å². The van der Waals surface area contributed by atoms with Crippen molar-refractivity contribution >= 4 is 27.6 Å². The molecule has 14 heteroatoms. The molecule has 1 amide bonds. The minimum atomic E-state index is -5.42. The number of benzene rings is 3. The summed E-state index contributed by atoms with van der Waals surface area (Å²) in [5.41, 5.74) is 0.786. The van der Waals surface area contributed by atoms with Gasteiger partial charge in [-0.2, -0.15) is 4.31 Å². The number of carboxylic acid groups (broad SMARTS) is 1. The standard InChI is InChI=1S/C29H25F5N2O6S/c30-21-22(31)24(33)27(25(34)23(21)32)43(41,42)36-13-12-20(36)28(38)35(19-7-3-6-18(26(19)37)29(39)40)14-15-8-10-17(11-9-15)16-4-1-2-5-16/h3,6-11,16,20,37H,1-2,4-5,12-14H2,(H,39,40). The van der Waals surface area contributed by atoms with E-state index in [1.165, 1.54) is 12.1 Å². The number of carboxylic acids is 1. The molecule has 1 aliphatic carbocycles. The number of aromatic hydroxyl groups is 1. The third kappa shape index (κ3) is 5.33. The van der Waals surface area contributed by atoms with Crippen molar-refractivity contribution in [1.29, 1.82) is 0 Å². The largest absolute Gasteiger partial charge is 0.505 e. The van der Waals surface area contributed by atoms with Crippen LogP contribution in [0.5, 0.6) is 5.75 Å². The van der Waals surface area contributed by atoms with E-state index in [0.717, 1.165) is 42.2 Å². The van der Waals surface area contributed by atoms with Gasteiger partial charge in [0.2, 0.25) is 21.7 Å². The van der Waals surface area contributed by atoms with Gasteiger partial charge < -0.3 is 15.1 Å². The second-order valence-electron chi connectivity index (χ2n) is 10.4. The quantitative estimate of drug-likeness (QED) is 0.196. The highest BCUT2D eigenvalue weighted by Gasteiger charge is 2.48. The summed E-state index contributed by atoms with van der Waals surface area (Å²) in [6.45, 7) is -0.753. The summed E-state index contributed by atoms with van der Waals surface area (Å²) in [6, 6.07) is 9.14. The van der Waals surface area contributed by atoms with Gasteiger partial charge in [-0.1, -0.05) is 43.2 Å². The number of carbonyl (C=O) groups excluding carboxylic acids is 1. The Hall–Kier alpha value is -4.04. The first-order valence-electron chi connectivity index (χ1n) is 13.3. The van der Waals surface area contributed by atoms with Crippen LogP contribution >= 0.6 is 0 Å². The summed E-state index contributed by atoms with van der Waals surface area (Å²) < 4.78 is 96.8. The third-order valence-electron chi connectivity index (χ3n) is 7.94. The number of para-hydroxylation sites is 1. The van der Waals surface area contributed by atoms with Crippen molar-refractivity contribution in [2.75, 3.05) is 11.4 Å². The highest BCUT2D eigenvalue weighted by atomic mass is 32.2. The molecule has 1 aliphatic heterocycles. The number of halogens is 5. The number of hydrogen-bond donors (Lipinski definition) is 2. The molecule has 0 aromatic heterocycles. The molecule has 0 radical (unpaired) electrons. The second-order valence-corrected chi connectivity index (χ2v) is 12.3. The number of phenols is 1. The highest BCUT2D eigenvalue weighted by Crippen LogP contribution is 2.38. The zero-order chi connectivity index (χ0) is 31.2. The summed E-state index contributed by atoms with van der Waals surface area (Å²) in [4.78, 5) is 24.4. The summed E-state index contributed by atoms with van der Waals surface area (Å²) in [5.74, 6) is -15.5. The molecule has 3 aromatic carbocycles. The van der Waals surface area contributed by atoms with Gasteiger partial charge in [0.05, 0.1) is 12.2 Å². The molecule has 1 atom stereocenters. The Morgan fingerprint density at radius 1 is 0.860 bits per heavy atom. The number of sulfonamides is 1. The van der Waals surface area contributed by atoms with Crippen LogP contribution in [0.25, 0.3) is 0 Å². The first-order chi connectivity index (χ1) is 20.3. The molecule has 0 spiro atoms. The molecule has 0 bridgehead atoms. The number of hydrogen-bond acceptors (Lipinski definition) is 5. The molecule has 2 aliphatic rings. The van der Waals surface area contributed by atoms with Gasteiger partial charge in [0.25, 0.3) is 0 Å². The van der Waals surface area contributed by atoms with Gasteiger partial charge >= 0.3 is 5.97 Å². The Kier molecular flexibility index (Phi) is 8.18. The van der Waals surface area contributed by atoms with Gasteiger partial charge in [0.15, 0.2) is 33.9 Å². The average Bonchev–Trinajstić information content (AvgIpc) is 3.48. The Bertz CT molecular complexity index is 1680. The lowest BCUT2D eigenvalue weighted by molar-refractivity contribution is -0.125. The predicted octanol–water partition coefficient (Wildman–Crippen LogP) is 5.44. The minimum Gasteiger partial charge on any atom is -0.505 e. The van der Waals surface area contributed by atoms with Crippen LogP contribution in [0.1, 0.15) is 59.5 Å². The van der Waals surface area contributed by atoms with E-state index >= 15 is 0 Å². The molecule has 228 valence electrons. The first-order valence-corrected chi connectivity index (χ1v) is 14.8. The van der Waals surface area contributed by atoms with Crippen LogP contribution in [0, 0.1) is 29.1 Å². The van der Waals surface area contributed by atoms with Crippen molar-refractivity contribution in [2.45, 2.75) is 55.5 Å². The van der Waals surface area contributed by atoms with Gasteiger partial charge in [0, 0.05) is 6.54 Å². The van der Waals surface area contributed by atoms with Gasteiger partial charge in [-0.15, -0.1) is 0 Å². The maximum absolute atomic E-state index is 14.5. The van der Waals surface area contributed by atoms with E-state index < -0.39 is 79.8 Å². The Morgan fingerprint density at radius 3 is 1.98 bits per heavy atom. The summed E-state index contributed by atoms with van der Waals surface area (Å²) >= 11 is 0. The summed E-state index contributed by atoms with van der Waals surface area (Å²) in [5, 5.41) is 20.2. The molecule has 1 saturated heterocycles.